The number of rotatable bonds is 6. The van der Waals surface area contributed by atoms with Gasteiger partial charge in [-0.3, -0.25) is 0 Å². The zero-order valence-corrected chi connectivity index (χ0v) is 17.0. The van der Waals surface area contributed by atoms with E-state index in [1.54, 1.807) is 7.11 Å². The van der Waals surface area contributed by atoms with Crippen molar-refractivity contribution in [3.05, 3.63) is 83.7 Å². The molecule has 4 aromatic rings. The second-order valence-corrected chi connectivity index (χ2v) is 7.06. The summed E-state index contributed by atoms with van der Waals surface area (Å²) in [4.78, 5) is 9.45. The molecule has 0 saturated carbocycles. The highest BCUT2D eigenvalue weighted by molar-refractivity contribution is 5.90. The number of para-hydroxylation sites is 2. The molecule has 2 heterocycles. The van der Waals surface area contributed by atoms with E-state index in [0.717, 1.165) is 45.1 Å². The molecule has 0 atom stereocenters. The Morgan fingerprint density at radius 1 is 0.935 bits per heavy atom. The second-order valence-electron chi connectivity index (χ2n) is 7.06. The standard InChI is InChI=1S/C25H21N3O3/c1-29-21-9-5-2-6-18(21)11-13-24-27-20-8-4-3-7-19(20)25(28-24)26-15-17-10-12-22-23(14-17)31-16-30-22/h2-14H,15-16H2,1H3,(H,26,27,28)/b13-11+. The molecule has 0 aliphatic carbocycles. The van der Waals surface area contributed by atoms with E-state index in [2.05, 4.69) is 5.32 Å². The molecule has 1 aliphatic rings. The summed E-state index contributed by atoms with van der Waals surface area (Å²) in [5.41, 5.74) is 2.93. The van der Waals surface area contributed by atoms with E-state index in [9.17, 15) is 0 Å². The molecule has 154 valence electrons. The predicted molar refractivity (Wildman–Crippen MR) is 121 cm³/mol. The van der Waals surface area contributed by atoms with Crippen molar-refractivity contribution in [2.24, 2.45) is 0 Å². The highest BCUT2D eigenvalue weighted by atomic mass is 16.7. The predicted octanol–water partition coefficient (Wildman–Crippen LogP) is 5.15. The molecule has 3 aromatic carbocycles. The Labute approximate surface area is 180 Å². The Balaban J connectivity index is 1.44. The van der Waals surface area contributed by atoms with Crippen LogP contribution in [0.1, 0.15) is 17.0 Å². The largest absolute Gasteiger partial charge is 0.496 e. The number of anilines is 1. The maximum absolute atomic E-state index is 5.48. The van der Waals surface area contributed by atoms with Crippen LogP contribution in [-0.4, -0.2) is 23.9 Å². The second kappa shape index (κ2) is 8.36. The molecule has 31 heavy (non-hydrogen) atoms. The maximum Gasteiger partial charge on any atom is 0.231 e. The summed E-state index contributed by atoms with van der Waals surface area (Å²) in [6, 6.07) is 21.8. The quantitative estimate of drug-likeness (QED) is 0.473. The molecule has 0 spiro atoms. The van der Waals surface area contributed by atoms with Crippen LogP contribution in [0.5, 0.6) is 17.2 Å². The molecule has 1 aromatic heterocycles. The Morgan fingerprint density at radius 3 is 2.71 bits per heavy atom. The lowest BCUT2D eigenvalue weighted by Gasteiger charge is -2.10. The molecular weight excluding hydrogens is 390 g/mol. The summed E-state index contributed by atoms with van der Waals surface area (Å²) < 4.78 is 16.3. The van der Waals surface area contributed by atoms with Crippen molar-refractivity contribution in [2.75, 3.05) is 19.2 Å². The highest BCUT2D eigenvalue weighted by Gasteiger charge is 2.13. The fraction of sp³-hybridized carbons (Fsp3) is 0.120. The zero-order chi connectivity index (χ0) is 21.0. The van der Waals surface area contributed by atoms with Crippen LogP contribution in [0.2, 0.25) is 0 Å². The normalized spacial score (nSPS) is 12.4. The Kier molecular flexibility index (Phi) is 5.10. The van der Waals surface area contributed by atoms with Gasteiger partial charge in [-0.1, -0.05) is 36.4 Å². The molecule has 5 rings (SSSR count). The van der Waals surface area contributed by atoms with Gasteiger partial charge >= 0.3 is 0 Å². The number of methoxy groups -OCH3 is 1. The lowest BCUT2D eigenvalue weighted by molar-refractivity contribution is 0.174. The number of aromatic nitrogens is 2. The van der Waals surface area contributed by atoms with Gasteiger partial charge in [-0.25, -0.2) is 9.97 Å². The summed E-state index contributed by atoms with van der Waals surface area (Å²) in [6.45, 7) is 0.873. The number of benzene rings is 3. The van der Waals surface area contributed by atoms with Crippen molar-refractivity contribution in [3.63, 3.8) is 0 Å². The minimum absolute atomic E-state index is 0.269. The smallest absolute Gasteiger partial charge is 0.231 e. The summed E-state index contributed by atoms with van der Waals surface area (Å²) in [6.07, 6.45) is 3.86. The first-order chi connectivity index (χ1) is 15.3. The minimum Gasteiger partial charge on any atom is -0.496 e. The summed E-state index contributed by atoms with van der Waals surface area (Å²) >= 11 is 0. The topological polar surface area (TPSA) is 65.5 Å². The average molecular weight is 411 g/mol. The molecule has 1 aliphatic heterocycles. The first kappa shape index (κ1) is 18.9. The van der Waals surface area contributed by atoms with Gasteiger partial charge in [-0.2, -0.15) is 0 Å². The van der Waals surface area contributed by atoms with Crippen molar-refractivity contribution >= 4 is 28.9 Å². The van der Waals surface area contributed by atoms with E-state index >= 15 is 0 Å². The van der Waals surface area contributed by atoms with E-state index in [0.29, 0.717) is 12.4 Å². The minimum atomic E-state index is 0.269. The summed E-state index contributed by atoms with van der Waals surface area (Å²) in [5.74, 6) is 3.76. The third kappa shape index (κ3) is 4.00. The number of hydrogen-bond donors (Lipinski definition) is 1. The van der Waals surface area contributed by atoms with Gasteiger partial charge in [-0.15, -0.1) is 0 Å². The average Bonchev–Trinajstić information content (AvgIpc) is 3.29. The van der Waals surface area contributed by atoms with Crippen molar-refractivity contribution < 1.29 is 14.2 Å². The number of hydrogen-bond acceptors (Lipinski definition) is 6. The van der Waals surface area contributed by atoms with E-state index in [1.807, 2.05) is 78.9 Å². The van der Waals surface area contributed by atoms with Gasteiger partial charge in [0.05, 0.1) is 12.6 Å². The van der Waals surface area contributed by atoms with Crippen molar-refractivity contribution in [2.45, 2.75) is 6.54 Å². The summed E-state index contributed by atoms with van der Waals surface area (Å²) in [7, 11) is 1.66. The monoisotopic (exact) mass is 411 g/mol. The zero-order valence-electron chi connectivity index (χ0n) is 17.0. The molecule has 1 N–H and O–H groups in total. The number of nitrogens with zero attached hydrogens (tertiary/aromatic N) is 2. The van der Waals surface area contributed by atoms with Crippen LogP contribution in [-0.2, 0) is 6.54 Å². The van der Waals surface area contributed by atoms with Gasteiger partial charge in [0, 0.05) is 17.5 Å². The fourth-order valence-electron chi connectivity index (χ4n) is 3.51. The van der Waals surface area contributed by atoms with Gasteiger partial charge in [0.25, 0.3) is 0 Å². The van der Waals surface area contributed by atoms with E-state index in [4.69, 9.17) is 24.2 Å². The number of ether oxygens (including phenoxy) is 3. The van der Waals surface area contributed by atoms with Crippen molar-refractivity contribution in [1.29, 1.82) is 0 Å². The van der Waals surface area contributed by atoms with Crippen molar-refractivity contribution in [3.8, 4) is 17.2 Å². The SMILES string of the molecule is COc1ccccc1/C=C/c1nc(NCc2ccc3c(c2)OCO3)c2ccccc2n1. The van der Waals surface area contributed by atoms with Crippen LogP contribution in [0.3, 0.4) is 0 Å². The van der Waals surface area contributed by atoms with Crippen LogP contribution in [0.25, 0.3) is 23.1 Å². The first-order valence-electron chi connectivity index (χ1n) is 10.0. The molecule has 6 nitrogen and oxygen atoms in total. The van der Waals surface area contributed by atoms with Crippen LogP contribution in [0.4, 0.5) is 5.82 Å². The van der Waals surface area contributed by atoms with Gasteiger partial charge in [-0.05, 0) is 48.0 Å². The lowest BCUT2D eigenvalue weighted by Crippen LogP contribution is -2.04. The van der Waals surface area contributed by atoms with E-state index < -0.39 is 0 Å². The van der Waals surface area contributed by atoms with Gasteiger partial charge < -0.3 is 19.5 Å². The van der Waals surface area contributed by atoms with Crippen LogP contribution >= 0.6 is 0 Å². The van der Waals surface area contributed by atoms with Crippen LogP contribution in [0.15, 0.2) is 66.7 Å². The Hall–Kier alpha value is -4.06. The molecule has 0 fully saturated rings. The third-order valence-corrected chi connectivity index (χ3v) is 5.07. The van der Waals surface area contributed by atoms with Crippen LogP contribution in [0, 0.1) is 0 Å². The Bertz CT molecular complexity index is 1270. The number of fused-ring (bicyclic) bond motifs is 2. The van der Waals surface area contributed by atoms with E-state index in [-0.39, 0.29) is 6.79 Å². The Morgan fingerprint density at radius 2 is 1.77 bits per heavy atom. The third-order valence-electron chi connectivity index (χ3n) is 5.07. The maximum atomic E-state index is 5.48. The van der Waals surface area contributed by atoms with E-state index in [1.165, 1.54) is 0 Å². The first-order valence-corrected chi connectivity index (χ1v) is 10.0. The highest BCUT2D eigenvalue weighted by Crippen LogP contribution is 2.33. The lowest BCUT2D eigenvalue weighted by atomic mass is 10.1. The fourth-order valence-corrected chi connectivity index (χ4v) is 3.51. The molecule has 0 bridgehead atoms. The molecule has 0 amide bonds. The molecule has 0 radical (unpaired) electrons. The molecular formula is C25H21N3O3. The molecule has 6 heteroatoms. The van der Waals surface area contributed by atoms with Crippen LogP contribution < -0.4 is 19.5 Å². The van der Waals surface area contributed by atoms with Gasteiger partial charge in [0.1, 0.15) is 11.6 Å². The van der Waals surface area contributed by atoms with Gasteiger partial charge in [0.2, 0.25) is 6.79 Å². The molecule has 0 saturated heterocycles. The summed E-state index contributed by atoms with van der Waals surface area (Å²) in [5, 5.41) is 4.42. The number of nitrogens with one attached hydrogen (secondary N) is 1. The van der Waals surface area contributed by atoms with Crippen molar-refractivity contribution in [1.82, 2.24) is 9.97 Å². The van der Waals surface area contributed by atoms with Gasteiger partial charge in [0.15, 0.2) is 17.3 Å². The molecule has 0 unspecified atom stereocenters.